The van der Waals surface area contributed by atoms with Gasteiger partial charge in [-0.2, -0.15) is 10.5 Å². The molecule has 1 aromatic carbocycles. The summed E-state index contributed by atoms with van der Waals surface area (Å²) in [5.74, 6) is 0.666. The average molecular weight is 215 g/mol. The van der Waals surface area contributed by atoms with Crippen molar-refractivity contribution in [3.8, 4) is 12.1 Å². The number of nitrogens with two attached hydrogens (primary N) is 1. The Bertz CT molecular complexity index is 421. The highest BCUT2D eigenvalue weighted by molar-refractivity contribution is 8.02. The van der Waals surface area contributed by atoms with Gasteiger partial charge in [0.15, 0.2) is 5.57 Å². The summed E-state index contributed by atoms with van der Waals surface area (Å²) in [5.41, 5.74) is 6.68. The van der Waals surface area contributed by atoms with Gasteiger partial charge < -0.3 is 5.73 Å². The Morgan fingerprint density at radius 1 is 1.20 bits per heavy atom. The number of allylic oxidation sites excluding steroid dienone is 1. The predicted octanol–water partition coefficient (Wildman–Crippen LogP) is 2.14. The normalized spacial score (nSPS) is 8.67. The second-order valence-corrected chi connectivity index (χ2v) is 3.75. The third kappa shape index (κ3) is 3.38. The van der Waals surface area contributed by atoms with Gasteiger partial charge in [-0.1, -0.05) is 30.3 Å². The minimum absolute atomic E-state index is 0.0177. The van der Waals surface area contributed by atoms with E-state index in [2.05, 4.69) is 0 Å². The lowest BCUT2D eigenvalue weighted by Gasteiger charge is -2.01. The Kier molecular flexibility index (Phi) is 4.28. The van der Waals surface area contributed by atoms with E-state index in [9.17, 15) is 0 Å². The molecule has 0 bridgehead atoms. The van der Waals surface area contributed by atoms with E-state index in [1.807, 2.05) is 30.3 Å². The first kappa shape index (κ1) is 11.2. The summed E-state index contributed by atoms with van der Waals surface area (Å²) >= 11 is 1.30. The topological polar surface area (TPSA) is 73.6 Å². The summed E-state index contributed by atoms with van der Waals surface area (Å²) in [6.07, 6.45) is 0. The fourth-order valence-electron chi connectivity index (χ4n) is 0.943. The van der Waals surface area contributed by atoms with Gasteiger partial charge in [-0.25, -0.2) is 0 Å². The van der Waals surface area contributed by atoms with Crippen LogP contribution in [0.15, 0.2) is 40.9 Å². The van der Waals surface area contributed by atoms with Gasteiger partial charge in [0.05, 0.1) is 5.03 Å². The summed E-state index contributed by atoms with van der Waals surface area (Å²) in [4.78, 5) is 0. The summed E-state index contributed by atoms with van der Waals surface area (Å²) in [6.45, 7) is 0. The van der Waals surface area contributed by atoms with Gasteiger partial charge >= 0.3 is 0 Å². The van der Waals surface area contributed by atoms with Crippen molar-refractivity contribution in [3.63, 3.8) is 0 Å². The second kappa shape index (κ2) is 5.74. The molecule has 0 aliphatic heterocycles. The molecule has 1 rings (SSSR count). The fourth-order valence-corrected chi connectivity index (χ4v) is 1.69. The van der Waals surface area contributed by atoms with Crippen LogP contribution in [0, 0.1) is 22.7 Å². The zero-order valence-corrected chi connectivity index (χ0v) is 8.79. The maximum Gasteiger partial charge on any atom is 0.159 e. The second-order valence-electron chi connectivity index (χ2n) is 2.74. The van der Waals surface area contributed by atoms with Crippen LogP contribution in [0.1, 0.15) is 5.56 Å². The summed E-state index contributed by atoms with van der Waals surface area (Å²) in [7, 11) is 0. The zero-order valence-electron chi connectivity index (χ0n) is 7.97. The smallest absolute Gasteiger partial charge is 0.159 e. The van der Waals surface area contributed by atoms with Crippen molar-refractivity contribution in [2.75, 3.05) is 0 Å². The molecule has 0 heterocycles. The molecule has 0 aliphatic carbocycles. The van der Waals surface area contributed by atoms with E-state index in [1.165, 1.54) is 11.8 Å². The van der Waals surface area contributed by atoms with Crippen LogP contribution in [0.3, 0.4) is 0 Å². The number of nitriles is 2. The molecule has 15 heavy (non-hydrogen) atoms. The van der Waals surface area contributed by atoms with E-state index in [0.29, 0.717) is 5.75 Å². The lowest BCUT2D eigenvalue weighted by Crippen LogP contribution is -1.97. The lowest BCUT2D eigenvalue weighted by molar-refractivity contribution is 1.38. The molecule has 3 nitrogen and oxygen atoms in total. The molecule has 0 saturated heterocycles. The van der Waals surface area contributed by atoms with Crippen LogP contribution in [0.5, 0.6) is 0 Å². The highest BCUT2D eigenvalue weighted by atomic mass is 32.2. The number of rotatable bonds is 3. The maximum absolute atomic E-state index is 8.57. The fraction of sp³-hybridized carbons (Fsp3) is 0.0909. The van der Waals surface area contributed by atoms with E-state index >= 15 is 0 Å². The molecule has 0 atom stereocenters. The SMILES string of the molecule is N#CC(C#N)=C(N)SCc1ccccc1. The van der Waals surface area contributed by atoms with Crippen molar-refractivity contribution in [3.05, 3.63) is 46.5 Å². The van der Waals surface area contributed by atoms with E-state index < -0.39 is 0 Å². The highest BCUT2D eigenvalue weighted by Crippen LogP contribution is 2.19. The Morgan fingerprint density at radius 2 is 1.80 bits per heavy atom. The molecule has 1 aromatic rings. The van der Waals surface area contributed by atoms with Crippen molar-refractivity contribution < 1.29 is 0 Å². The first-order valence-corrected chi connectivity index (χ1v) is 5.23. The molecule has 0 amide bonds. The molecular weight excluding hydrogens is 206 g/mol. The van der Waals surface area contributed by atoms with Crippen LogP contribution < -0.4 is 5.73 Å². The van der Waals surface area contributed by atoms with E-state index in [1.54, 1.807) is 12.1 Å². The van der Waals surface area contributed by atoms with Gasteiger partial charge in [-0.05, 0) is 5.56 Å². The monoisotopic (exact) mass is 215 g/mol. The predicted molar refractivity (Wildman–Crippen MR) is 60.2 cm³/mol. The molecule has 2 N–H and O–H groups in total. The van der Waals surface area contributed by atoms with Gasteiger partial charge in [0.1, 0.15) is 12.1 Å². The Hall–Kier alpha value is -1.91. The number of thioether (sulfide) groups is 1. The lowest BCUT2D eigenvalue weighted by atomic mass is 10.2. The zero-order chi connectivity index (χ0) is 11.1. The Balaban J connectivity index is 2.64. The minimum Gasteiger partial charge on any atom is -0.392 e. The third-order valence-electron chi connectivity index (χ3n) is 1.71. The van der Waals surface area contributed by atoms with E-state index in [-0.39, 0.29) is 10.6 Å². The van der Waals surface area contributed by atoms with Gasteiger partial charge in [0.25, 0.3) is 0 Å². The van der Waals surface area contributed by atoms with E-state index in [4.69, 9.17) is 16.3 Å². The number of benzene rings is 1. The highest BCUT2D eigenvalue weighted by Gasteiger charge is 2.02. The van der Waals surface area contributed by atoms with Crippen molar-refractivity contribution in [2.24, 2.45) is 5.73 Å². The molecular formula is C11H9N3S. The van der Waals surface area contributed by atoms with Crippen LogP contribution in [0.25, 0.3) is 0 Å². The van der Waals surface area contributed by atoms with Crippen molar-refractivity contribution >= 4 is 11.8 Å². The molecule has 4 heteroatoms. The van der Waals surface area contributed by atoms with Crippen molar-refractivity contribution in [1.29, 1.82) is 10.5 Å². The maximum atomic E-state index is 8.57. The van der Waals surface area contributed by atoms with Crippen LogP contribution in [-0.2, 0) is 5.75 Å². The molecule has 0 aromatic heterocycles. The molecule has 0 saturated carbocycles. The standard InChI is InChI=1S/C11H9N3S/c12-6-10(7-13)11(14)15-8-9-4-2-1-3-5-9/h1-5H,8,14H2. The first-order chi connectivity index (χ1) is 7.27. The van der Waals surface area contributed by atoms with Crippen molar-refractivity contribution in [2.45, 2.75) is 5.75 Å². The molecule has 74 valence electrons. The summed E-state index contributed by atoms with van der Waals surface area (Å²) in [5, 5.41) is 17.4. The third-order valence-corrected chi connectivity index (χ3v) is 2.70. The molecule has 0 radical (unpaired) electrons. The van der Waals surface area contributed by atoms with Crippen LogP contribution in [0.4, 0.5) is 0 Å². The Labute approximate surface area is 92.8 Å². The molecule has 0 aliphatic rings. The largest absolute Gasteiger partial charge is 0.392 e. The summed E-state index contributed by atoms with van der Waals surface area (Å²) in [6, 6.07) is 13.3. The van der Waals surface area contributed by atoms with Crippen LogP contribution in [-0.4, -0.2) is 0 Å². The van der Waals surface area contributed by atoms with Gasteiger partial charge in [-0.15, -0.1) is 11.8 Å². The minimum atomic E-state index is -0.0177. The number of nitrogens with zero attached hydrogens (tertiary/aromatic N) is 2. The number of hydrogen-bond acceptors (Lipinski definition) is 4. The Morgan fingerprint density at radius 3 is 2.33 bits per heavy atom. The van der Waals surface area contributed by atoms with Gasteiger partial charge in [0.2, 0.25) is 0 Å². The van der Waals surface area contributed by atoms with Crippen molar-refractivity contribution in [1.82, 2.24) is 0 Å². The molecule has 0 unspecified atom stereocenters. The van der Waals surface area contributed by atoms with Gasteiger partial charge in [-0.3, -0.25) is 0 Å². The van der Waals surface area contributed by atoms with E-state index in [0.717, 1.165) is 5.56 Å². The molecule has 0 spiro atoms. The molecule has 0 fully saturated rings. The quantitative estimate of drug-likeness (QED) is 0.784. The summed E-state index contributed by atoms with van der Waals surface area (Å²) < 4.78 is 0. The first-order valence-electron chi connectivity index (χ1n) is 4.24. The van der Waals surface area contributed by atoms with Gasteiger partial charge in [0, 0.05) is 5.75 Å². The van der Waals surface area contributed by atoms with Crippen LogP contribution >= 0.6 is 11.8 Å². The van der Waals surface area contributed by atoms with Crippen LogP contribution in [0.2, 0.25) is 0 Å². The number of hydrogen-bond donors (Lipinski definition) is 1. The average Bonchev–Trinajstić information content (AvgIpc) is 2.29.